The van der Waals surface area contributed by atoms with Crippen LogP contribution in [0.1, 0.15) is 31.4 Å². The molecule has 1 aliphatic rings. The Morgan fingerprint density at radius 1 is 1.27 bits per heavy atom. The highest BCUT2D eigenvalue weighted by Crippen LogP contribution is 2.21. The van der Waals surface area contributed by atoms with Crippen LogP contribution in [0.2, 0.25) is 0 Å². The minimum Gasteiger partial charge on any atom is -0.368 e. The normalized spacial score (nSPS) is 18.9. The Bertz CT molecular complexity index is 619. The summed E-state index contributed by atoms with van der Waals surface area (Å²) in [5.74, 6) is -0.0127. The third-order valence-corrected chi connectivity index (χ3v) is 3.99. The molecular weight excluding hydrogens is 276 g/mol. The van der Waals surface area contributed by atoms with Crippen LogP contribution in [0, 0.1) is 0 Å². The monoisotopic (exact) mass is 296 g/mol. The highest BCUT2D eigenvalue weighted by atomic mass is 16.5. The number of ether oxygens (including phenoxy) is 1. The molecule has 1 amide bonds. The van der Waals surface area contributed by atoms with E-state index < -0.39 is 0 Å². The second kappa shape index (κ2) is 6.71. The van der Waals surface area contributed by atoms with Crippen LogP contribution in [-0.4, -0.2) is 23.6 Å². The Morgan fingerprint density at radius 2 is 2.09 bits per heavy atom. The van der Waals surface area contributed by atoms with Crippen molar-refractivity contribution in [3.8, 4) is 11.1 Å². The molecule has 2 aromatic rings. The third-order valence-electron chi connectivity index (χ3n) is 3.99. The SMILES string of the molecule is C[C@@H](NC(=O)[C@H]1CCCO1)c1ccc(-c2cccnc2)cc1. The van der Waals surface area contributed by atoms with E-state index in [1.807, 2.05) is 37.4 Å². The zero-order valence-corrected chi connectivity index (χ0v) is 12.7. The van der Waals surface area contributed by atoms with E-state index >= 15 is 0 Å². The maximum absolute atomic E-state index is 12.1. The van der Waals surface area contributed by atoms with Crippen LogP contribution in [0.4, 0.5) is 0 Å². The fraction of sp³-hybridized carbons (Fsp3) is 0.333. The van der Waals surface area contributed by atoms with Gasteiger partial charge >= 0.3 is 0 Å². The van der Waals surface area contributed by atoms with Gasteiger partial charge in [-0.1, -0.05) is 30.3 Å². The van der Waals surface area contributed by atoms with E-state index in [1.54, 1.807) is 6.20 Å². The van der Waals surface area contributed by atoms with Gasteiger partial charge in [0, 0.05) is 19.0 Å². The van der Waals surface area contributed by atoms with Crippen molar-refractivity contribution in [3.63, 3.8) is 0 Å². The van der Waals surface area contributed by atoms with Crippen molar-refractivity contribution in [3.05, 3.63) is 54.4 Å². The Labute approximate surface area is 130 Å². The van der Waals surface area contributed by atoms with Crippen molar-refractivity contribution in [2.75, 3.05) is 6.61 Å². The van der Waals surface area contributed by atoms with Gasteiger partial charge in [-0.3, -0.25) is 9.78 Å². The quantitative estimate of drug-likeness (QED) is 0.943. The second-order valence-corrected chi connectivity index (χ2v) is 5.60. The zero-order chi connectivity index (χ0) is 15.4. The van der Waals surface area contributed by atoms with E-state index in [0.717, 1.165) is 29.5 Å². The van der Waals surface area contributed by atoms with Gasteiger partial charge in [-0.2, -0.15) is 0 Å². The van der Waals surface area contributed by atoms with Crippen LogP contribution < -0.4 is 5.32 Å². The Kier molecular flexibility index (Phi) is 4.49. The predicted octanol–water partition coefficient (Wildman–Crippen LogP) is 3.10. The van der Waals surface area contributed by atoms with Gasteiger partial charge in [-0.15, -0.1) is 0 Å². The van der Waals surface area contributed by atoms with Crippen molar-refractivity contribution in [2.45, 2.75) is 31.9 Å². The fourth-order valence-electron chi connectivity index (χ4n) is 2.67. The molecule has 0 spiro atoms. The summed E-state index contributed by atoms with van der Waals surface area (Å²) in [5.41, 5.74) is 3.29. The minimum absolute atomic E-state index is 0.0127. The molecule has 1 aromatic heterocycles. The van der Waals surface area contributed by atoms with E-state index in [0.29, 0.717) is 6.61 Å². The standard InChI is InChI=1S/C18H20N2O2/c1-13(20-18(21)17-5-3-11-22-17)14-6-8-15(9-7-14)16-4-2-10-19-12-16/h2,4,6-10,12-13,17H,3,5,11H2,1H3,(H,20,21)/t13-,17-/m1/s1. The number of carbonyl (C=O) groups is 1. The minimum atomic E-state index is -0.280. The van der Waals surface area contributed by atoms with Crippen molar-refractivity contribution in [1.82, 2.24) is 10.3 Å². The number of rotatable bonds is 4. The molecule has 0 aliphatic carbocycles. The molecule has 3 rings (SSSR count). The van der Waals surface area contributed by atoms with Gasteiger partial charge in [0.05, 0.1) is 6.04 Å². The maximum Gasteiger partial charge on any atom is 0.249 e. The summed E-state index contributed by atoms with van der Waals surface area (Å²) in [7, 11) is 0. The number of nitrogens with one attached hydrogen (secondary N) is 1. The summed E-state index contributed by atoms with van der Waals surface area (Å²) in [6, 6.07) is 12.1. The van der Waals surface area contributed by atoms with Gasteiger partial charge in [-0.25, -0.2) is 0 Å². The van der Waals surface area contributed by atoms with Crippen molar-refractivity contribution >= 4 is 5.91 Å². The summed E-state index contributed by atoms with van der Waals surface area (Å²) in [6.07, 6.45) is 5.11. The van der Waals surface area contributed by atoms with Crippen molar-refractivity contribution < 1.29 is 9.53 Å². The first-order valence-corrected chi connectivity index (χ1v) is 7.66. The van der Waals surface area contributed by atoms with Crippen LogP contribution in [0.5, 0.6) is 0 Å². The van der Waals surface area contributed by atoms with Gasteiger partial charge in [0.25, 0.3) is 0 Å². The first-order valence-electron chi connectivity index (χ1n) is 7.66. The Balaban J connectivity index is 1.66. The molecule has 0 radical (unpaired) electrons. The Morgan fingerprint density at radius 3 is 2.73 bits per heavy atom. The first-order chi connectivity index (χ1) is 10.7. The molecule has 0 unspecified atom stereocenters. The van der Waals surface area contributed by atoms with Gasteiger partial charge in [-0.05, 0) is 42.5 Å². The molecule has 22 heavy (non-hydrogen) atoms. The van der Waals surface area contributed by atoms with Crippen LogP contribution in [-0.2, 0) is 9.53 Å². The third kappa shape index (κ3) is 3.34. The predicted molar refractivity (Wildman–Crippen MR) is 85.2 cm³/mol. The van der Waals surface area contributed by atoms with Crippen molar-refractivity contribution in [1.29, 1.82) is 0 Å². The Hall–Kier alpha value is -2.20. The number of hydrogen-bond donors (Lipinski definition) is 1. The number of amides is 1. The van der Waals surface area contributed by atoms with Gasteiger partial charge in [0.2, 0.25) is 5.91 Å². The second-order valence-electron chi connectivity index (χ2n) is 5.60. The molecule has 1 aliphatic heterocycles. The molecule has 0 bridgehead atoms. The number of hydrogen-bond acceptors (Lipinski definition) is 3. The lowest BCUT2D eigenvalue weighted by atomic mass is 10.0. The van der Waals surface area contributed by atoms with Crippen LogP contribution >= 0.6 is 0 Å². The molecule has 2 atom stereocenters. The number of carbonyl (C=O) groups excluding carboxylic acids is 1. The van der Waals surface area contributed by atoms with E-state index in [4.69, 9.17) is 4.74 Å². The van der Waals surface area contributed by atoms with Crippen molar-refractivity contribution in [2.24, 2.45) is 0 Å². The molecule has 2 heterocycles. The number of pyridine rings is 1. The van der Waals surface area contributed by atoms with E-state index in [2.05, 4.69) is 22.4 Å². The van der Waals surface area contributed by atoms with Gasteiger partial charge < -0.3 is 10.1 Å². The fourth-order valence-corrected chi connectivity index (χ4v) is 2.67. The number of nitrogens with zero attached hydrogens (tertiary/aromatic N) is 1. The lowest BCUT2D eigenvalue weighted by Crippen LogP contribution is -2.35. The van der Waals surface area contributed by atoms with Crippen LogP contribution in [0.25, 0.3) is 11.1 Å². The largest absolute Gasteiger partial charge is 0.368 e. The number of benzene rings is 1. The molecule has 1 aromatic carbocycles. The van der Waals surface area contributed by atoms with Crippen LogP contribution in [0.3, 0.4) is 0 Å². The smallest absolute Gasteiger partial charge is 0.249 e. The summed E-state index contributed by atoms with van der Waals surface area (Å²) in [4.78, 5) is 16.2. The molecule has 0 saturated carbocycles. The molecule has 4 heteroatoms. The van der Waals surface area contributed by atoms with E-state index in [9.17, 15) is 4.79 Å². The average Bonchev–Trinajstić information content (AvgIpc) is 3.10. The molecule has 1 fully saturated rings. The highest BCUT2D eigenvalue weighted by molar-refractivity contribution is 5.81. The van der Waals surface area contributed by atoms with E-state index in [1.165, 1.54) is 0 Å². The molecule has 1 N–H and O–H groups in total. The maximum atomic E-state index is 12.1. The molecule has 114 valence electrons. The van der Waals surface area contributed by atoms with Crippen LogP contribution in [0.15, 0.2) is 48.8 Å². The average molecular weight is 296 g/mol. The highest BCUT2D eigenvalue weighted by Gasteiger charge is 2.24. The van der Waals surface area contributed by atoms with Gasteiger partial charge in [0.15, 0.2) is 0 Å². The lowest BCUT2D eigenvalue weighted by Gasteiger charge is -2.17. The topological polar surface area (TPSA) is 51.2 Å². The zero-order valence-electron chi connectivity index (χ0n) is 12.7. The van der Waals surface area contributed by atoms with Gasteiger partial charge in [0.1, 0.15) is 6.10 Å². The first kappa shape index (κ1) is 14.7. The van der Waals surface area contributed by atoms with E-state index in [-0.39, 0.29) is 18.1 Å². The summed E-state index contributed by atoms with van der Waals surface area (Å²) in [5, 5.41) is 3.02. The number of aromatic nitrogens is 1. The molecular formula is C18H20N2O2. The lowest BCUT2D eigenvalue weighted by molar-refractivity contribution is -0.130. The molecule has 1 saturated heterocycles. The molecule has 4 nitrogen and oxygen atoms in total. The summed E-state index contributed by atoms with van der Waals surface area (Å²) in [6.45, 7) is 2.68. The summed E-state index contributed by atoms with van der Waals surface area (Å²) >= 11 is 0. The summed E-state index contributed by atoms with van der Waals surface area (Å²) < 4.78 is 5.41.